The Hall–Kier alpha value is -0.860. The van der Waals surface area contributed by atoms with Crippen LogP contribution in [0.5, 0.6) is 0 Å². The van der Waals surface area contributed by atoms with Crippen LogP contribution >= 0.6 is 0 Å². The number of aryl methyl sites for hydroxylation is 2. The summed E-state index contributed by atoms with van der Waals surface area (Å²) in [6, 6.07) is 6.77. The quantitative estimate of drug-likeness (QED) is 0.879. The summed E-state index contributed by atoms with van der Waals surface area (Å²) >= 11 is 0. The summed E-state index contributed by atoms with van der Waals surface area (Å²) < 4.78 is 0. The van der Waals surface area contributed by atoms with Crippen molar-refractivity contribution in [2.75, 3.05) is 26.7 Å². The van der Waals surface area contributed by atoms with E-state index in [1.54, 1.807) is 0 Å². The summed E-state index contributed by atoms with van der Waals surface area (Å²) in [7, 11) is 2.22. The third kappa shape index (κ3) is 3.82. The lowest BCUT2D eigenvalue weighted by atomic mass is 9.97. The average Bonchev–Trinajstić information content (AvgIpc) is 2.36. The molecule has 0 atom stereocenters. The standard InChI is InChI=1S/C16H26N2/c1-13-4-5-16(10-14(13)2)12-17-11-15-6-8-18(3)9-7-15/h4-5,10,15,17H,6-9,11-12H2,1-3H3. The molecule has 1 fully saturated rings. The molecule has 2 nitrogen and oxygen atoms in total. The Balaban J connectivity index is 1.73. The van der Waals surface area contributed by atoms with E-state index in [0.29, 0.717) is 0 Å². The zero-order chi connectivity index (χ0) is 13.0. The predicted molar refractivity (Wildman–Crippen MR) is 77.8 cm³/mol. The normalized spacial score (nSPS) is 18.2. The number of hydrogen-bond donors (Lipinski definition) is 1. The molecule has 0 saturated carbocycles. The van der Waals surface area contributed by atoms with Crippen molar-refractivity contribution in [3.05, 3.63) is 34.9 Å². The van der Waals surface area contributed by atoms with Crippen LogP contribution in [0.15, 0.2) is 18.2 Å². The van der Waals surface area contributed by atoms with Gasteiger partial charge in [-0.1, -0.05) is 18.2 Å². The van der Waals surface area contributed by atoms with Crippen molar-refractivity contribution >= 4 is 0 Å². The van der Waals surface area contributed by atoms with E-state index in [1.807, 2.05) is 0 Å². The second-order valence-corrected chi connectivity index (χ2v) is 5.80. The van der Waals surface area contributed by atoms with Crippen LogP contribution in [0, 0.1) is 19.8 Å². The van der Waals surface area contributed by atoms with Crippen LogP contribution in [-0.4, -0.2) is 31.6 Å². The number of nitrogens with zero attached hydrogens (tertiary/aromatic N) is 1. The number of nitrogens with one attached hydrogen (secondary N) is 1. The molecule has 0 spiro atoms. The van der Waals surface area contributed by atoms with E-state index >= 15 is 0 Å². The lowest BCUT2D eigenvalue weighted by Gasteiger charge is -2.29. The van der Waals surface area contributed by atoms with Gasteiger partial charge in [0.15, 0.2) is 0 Å². The van der Waals surface area contributed by atoms with Crippen LogP contribution < -0.4 is 5.32 Å². The van der Waals surface area contributed by atoms with Gasteiger partial charge in [0.1, 0.15) is 0 Å². The van der Waals surface area contributed by atoms with Crippen LogP contribution in [0.25, 0.3) is 0 Å². The SMILES string of the molecule is Cc1ccc(CNCC2CCN(C)CC2)cc1C. The zero-order valence-electron chi connectivity index (χ0n) is 12.0. The van der Waals surface area contributed by atoms with Crippen LogP contribution in [0.2, 0.25) is 0 Å². The minimum absolute atomic E-state index is 0.868. The molecule has 1 aromatic carbocycles. The van der Waals surface area contributed by atoms with E-state index in [9.17, 15) is 0 Å². The summed E-state index contributed by atoms with van der Waals surface area (Å²) in [5.74, 6) is 0.868. The molecule has 18 heavy (non-hydrogen) atoms. The third-order valence-electron chi connectivity index (χ3n) is 4.17. The van der Waals surface area contributed by atoms with Gasteiger partial charge in [-0.05, 0) is 76.0 Å². The first-order valence-corrected chi connectivity index (χ1v) is 7.10. The lowest BCUT2D eigenvalue weighted by molar-refractivity contribution is 0.216. The summed E-state index contributed by atoms with van der Waals surface area (Å²) in [6.45, 7) is 9.06. The Morgan fingerprint density at radius 2 is 1.89 bits per heavy atom. The van der Waals surface area contributed by atoms with Gasteiger partial charge in [0, 0.05) is 6.54 Å². The third-order valence-corrected chi connectivity index (χ3v) is 4.17. The summed E-state index contributed by atoms with van der Waals surface area (Å²) in [5.41, 5.74) is 4.19. The Labute approximate surface area is 111 Å². The average molecular weight is 246 g/mol. The monoisotopic (exact) mass is 246 g/mol. The molecule has 100 valence electrons. The maximum absolute atomic E-state index is 3.61. The van der Waals surface area contributed by atoms with E-state index in [1.165, 1.54) is 49.2 Å². The summed E-state index contributed by atoms with van der Waals surface area (Å²) in [6.07, 6.45) is 2.69. The van der Waals surface area contributed by atoms with Crippen LogP contribution in [0.1, 0.15) is 29.5 Å². The molecule has 0 bridgehead atoms. The van der Waals surface area contributed by atoms with Crippen LogP contribution in [0.4, 0.5) is 0 Å². The molecule has 1 aromatic rings. The smallest absolute Gasteiger partial charge is 0.0205 e. The molecular formula is C16H26N2. The Kier molecular flexibility index (Phi) is 4.79. The van der Waals surface area contributed by atoms with E-state index in [2.05, 4.69) is 49.3 Å². The Morgan fingerprint density at radius 3 is 2.56 bits per heavy atom. The molecule has 1 N–H and O–H groups in total. The highest BCUT2D eigenvalue weighted by atomic mass is 15.1. The van der Waals surface area contributed by atoms with Gasteiger partial charge in [0.2, 0.25) is 0 Å². The maximum Gasteiger partial charge on any atom is 0.0205 e. The minimum atomic E-state index is 0.868. The van der Waals surface area contributed by atoms with Gasteiger partial charge in [0.05, 0.1) is 0 Å². The number of benzene rings is 1. The number of rotatable bonds is 4. The molecule has 1 aliphatic rings. The second-order valence-electron chi connectivity index (χ2n) is 5.80. The first kappa shape index (κ1) is 13.6. The highest BCUT2D eigenvalue weighted by molar-refractivity contribution is 5.29. The fourth-order valence-corrected chi connectivity index (χ4v) is 2.60. The van der Waals surface area contributed by atoms with Gasteiger partial charge in [-0.3, -0.25) is 0 Å². The van der Waals surface area contributed by atoms with E-state index in [-0.39, 0.29) is 0 Å². The fourth-order valence-electron chi connectivity index (χ4n) is 2.60. The molecule has 1 heterocycles. The fraction of sp³-hybridized carbons (Fsp3) is 0.625. The van der Waals surface area contributed by atoms with Gasteiger partial charge >= 0.3 is 0 Å². The molecule has 2 heteroatoms. The first-order chi connectivity index (χ1) is 8.65. The lowest BCUT2D eigenvalue weighted by Crippen LogP contribution is -2.34. The minimum Gasteiger partial charge on any atom is -0.312 e. The van der Waals surface area contributed by atoms with E-state index in [4.69, 9.17) is 0 Å². The van der Waals surface area contributed by atoms with Crippen molar-refractivity contribution in [1.82, 2.24) is 10.2 Å². The predicted octanol–water partition coefficient (Wildman–Crippen LogP) is 2.73. The largest absolute Gasteiger partial charge is 0.312 e. The number of piperidine rings is 1. The van der Waals surface area contributed by atoms with Crippen molar-refractivity contribution < 1.29 is 0 Å². The molecule has 0 unspecified atom stereocenters. The van der Waals surface area contributed by atoms with Gasteiger partial charge in [-0.15, -0.1) is 0 Å². The number of hydrogen-bond acceptors (Lipinski definition) is 2. The Morgan fingerprint density at radius 1 is 1.17 bits per heavy atom. The molecule has 0 amide bonds. The molecule has 0 radical (unpaired) electrons. The maximum atomic E-state index is 3.61. The molecule has 1 aliphatic heterocycles. The second kappa shape index (κ2) is 6.35. The van der Waals surface area contributed by atoms with Gasteiger partial charge in [0.25, 0.3) is 0 Å². The molecule has 1 saturated heterocycles. The summed E-state index contributed by atoms with van der Waals surface area (Å²) in [5, 5.41) is 3.61. The first-order valence-electron chi connectivity index (χ1n) is 7.10. The van der Waals surface area contributed by atoms with E-state index < -0.39 is 0 Å². The van der Waals surface area contributed by atoms with Gasteiger partial charge in [-0.25, -0.2) is 0 Å². The van der Waals surface area contributed by atoms with E-state index in [0.717, 1.165) is 12.5 Å². The highest BCUT2D eigenvalue weighted by Crippen LogP contribution is 2.15. The molecule has 2 rings (SSSR count). The highest BCUT2D eigenvalue weighted by Gasteiger charge is 2.15. The number of likely N-dealkylation sites (tertiary alicyclic amines) is 1. The van der Waals surface area contributed by atoms with Gasteiger partial charge in [-0.2, -0.15) is 0 Å². The van der Waals surface area contributed by atoms with Crippen molar-refractivity contribution in [3.8, 4) is 0 Å². The van der Waals surface area contributed by atoms with Crippen molar-refractivity contribution in [2.45, 2.75) is 33.2 Å². The molecule has 0 aromatic heterocycles. The van der Waals surface area contributed by atoms with Gasteiger partial charge < -0.3 is 10.2 Å². The van der Waals surface area contributed by atoms with Crippen molar-refractivity contribution in [3.63, 3.8) is 0 Å². The molecular weight excluding hydrogens is 220 g/mol. The van der Waals surface area contributed by atoms with Crippen LogP contribution in [-0.2, 0) is 6.54 Å². The topological polar surface area (TPSA) is 15.3 Å². The Bertz CT molecular complexity index is 379. The summed E-state index contributed by atoms with van der Waals surface area (Å²) in [4.78, 5) is 2.43. The van der Waals surface area contributed by atoms with Crippen molar-refractivity contribution in [2.24, 2.45) is 5.92 Å². The van der Waals surface area contributed by atoms with Crippen LogP contribution in [0.3, 0.4) is 0 Å². The zero-order valence-corrected chi connectivity index (χ0v) is 12.0. The molecule has 0 aliphatic carbocycles. The van der Waals surface area contributed by atoms with Crippen molar-refractivity contribution in [1.29, 1.82) is 0 Å².